The summed E-state index contributed by atoms with van der Waals surface area (Å²) in [6, 6.07) is 16.7. The molecule has 2 N–H and O–H groups in total. The largest absolute Gasteiger partial charge is 0.403 e. The minimum absolute atomic E-state index is 0.871. The van der Waals surface area contributed by atoms with Gasteiger partial charge in [-0.05, 0) is 54.3 Å². The van der Waals surface area contributed by atoms with Gasteiger partial charge in [0.25, 0.3) is 0 Å². The Hall–Kier alpha value is -3.20. The molecule has 0 atom stereocenters. The number of pyridine rings is 2. The van der Waals surface area contributed by atoms with E-state index in [0.29, 0.717) is 0 Å². The number of anilines is 2. The number of benzene rings is 1. The Morgan fingerprint density at radius 2 is 2.09 bits per heavy atom. The lowest BCUT2D eigenvalue weighted by Gasteiger charge is -2.28. The van der Waals surface area contributed by atoms with Crippen LogP contribution in [0.15, 0.2) is 82.1 Å². The number of fused-ring (bicyclic) bond motifs is 2. The number of oxazole rings is 1. The van der Waals surface area contributed by atoms with Crippen molar-refractivity contribution in [3.8, 4) is 10.6 Å². The van der Waals surface area contributed by atoms with E-state index in [1.807, 2.05) is 36.8 Å². The average Bonchev–Trinajstić information content (AvgIpc) is 3.51. The van der Waals surface area contributed by atoms with Crippen molar-refractivity contribution in [3.63, 3.8) is 0 Å². The molecule has 0 saturated carbocycles. The van der Waals surface area contributed by atoms with Gasteiger partial charge in [-0.1, -0.05) is 18.2 Å². The van der Waals surface area contributed by atoms with Gasteiger partial charge >= 0.3 is 6.39 Å². The van der Waals surface area contributed by atoms with Crippen molar-refractivity contribution < 1.29 is 9.40 Å². The van der Waals surface area contributed by atoms with Crippen LogP contribution in [0.3, 0.4) is 0 Å². The maximum atomic E-state index is 5.47. The lowest BCUT2D eigenvalue weighted by molar-refractivity contribution is -0.383. The van der Waals surface area contributed by atoms with Gasteiger partial charge in [-0.25, -0.2) is 9.29 Å². The van der Waals surface area contributed by atoms with Gasteiger partial charge in [0, 0.05) is 30.2 Å². The highest BCUT2D eigenvalue weighted by Gasteiger charge is 2.21. The predicted octanol–water partition coefficient (Wildman–Crippen LogP) is 5.57. The van der Waals surface area contributed by atoms with Crippen molar-refractivity contribution in [1.29, 1.82) is 0 Å². The molecule has 5 aromatic rings. The first-order valence-corrected chi connectivity index (χ1v) is 12.0. The predicted molar refractivity (Wildman–Crippen MR) is 128 cm³/mol. The van der Waals surface area contributed by atoms with Gasteiger partial charge in [0.15, 0.2) is 0 Å². The number of aromatic nitrogens is 3. The summed E-state index contributed by atoms with van der Waals surface area (Å²) in [5, 5.41) is 4.62. The normalized spacial score (nSPS) is 13.9. The number of para-hydroxylation sites is 1. The Kier molecular flexibility index (Phi) is 5.10. The standard InChI is InChI=1S/C24H19N5OS2/c1-2-4-20-16(3-1)11-18(12-27-20)28-24-19-8-10-29(14-17(19)7-9-26-24)32-23-6-5-22(31-23)21-13-25-15-30-21/h1-7,9,11-13,15H,8,10,14H2,(H,26,28)/p+1. The summed E-state index contributed by atoms with van der Waals surface area (Å²) in [5.74, 6) is 1.80. The van der Waals surface area contributed by atoms with Crippen molar-refractivity contribution >= 4 is 45.7 Å². The minimum atomic E-state index is 0.871. The zero-order chi connectivity index (χ0) is 21.3. The van der Waals surface area contributed by atoms with Gasteiger partial charge < -0.3 is 9.73 Å². The molecule has 0 amide bonds. The summed E-state index contributed by atoms with van der Waals surface area (Å²) in [6.45, 7) is 1.85. The second-order valence-corrected chi connectivity index (χ2v) is 10.1. The molecule has 6 rings (SSSR count). The van der Waals surface area contributed by atoms with E-state index in [1.165, 1.54) is 15.3 Å². The molecule has 0 unspecified atom stereocenters. The van der Waals surface area contributed by atoms with Gasteiger partial charge in [-0.2, -0.15) is 4.98 Å². The Morgan fingerprint density at radius 1 is 1.12 bits per heavy atom. The van der Waals surface area contributed by atoms with Crippen LogP contribution in [0.5, 0.6) is 0 Å². The maximum Gasteiger partial charge on any atom is 0.333 e. The number of hydrogen-bond donors (Lipinski definition) is 1. The highest BCUT2D eigenvalue weighted by atomic mass is 32.2. The summed E-state index contributed by atoms with van der Waals surface area (Å²) >= 11 is 3.55. The van der Waals surface area contributed by atoms with Crippen LogP contribution in [0, 0.1) is 0 Å². The van der Waals surface area contributed by atoms with Gasteiger partial charge in [0.1, 0.15) is 5.82 Å². The number of rotatable bonds is 5. The summed E-state index contributed by atoms with van der Waals surface area (Å²) in [4.78, 5) is 13.3. The quantitative estimate of drug-likeness (QED) is 0.347. The summed E-state index contributed by atoms with van der Waals surface area (Å²) in [7, 11) is 0. The highest BCUT2D eigenvalue weighted by molar-refractivity contribution is 7.99. The average molecular weight is 459 g/mol. The van der Waals surface area contributed by atoms with Crippen LogP contribution in [0.1, 0.15) is 11.1 Å². The first-order chi connectivity index (χ1) is 15.8. The molecule has 1 aliphatic rings. The SMILES string of the molecule is c1ccc2ncc(Nc3nccc4c3CCN(Sc3ccc(-c5c[nH+]co5)s3)C4)cc2c1. The molecule has 0 fully saturated rings. The Bertz CT molecular complexity index is 1380. The van der Waals surface area contributed by atoms with Crippen molar-refractivity contribution in [3.05, 3.63) is 84.6 Å². The van der Waals surface area contributed by atoms with Crippen LogP contribution in [0.25, 0.3) is 21.5 Å². The molecule has 0 bridgehead atoms. The first kappa shape index (κ1) is 19.5. The third kappa shape index (κ3) is 3.88. The third-order valence-corrected chi connectivity index (χ3v) is 7.73. The molecular weight excluding hydrogens is 438 g/mol. The topological polar surface area (TPSA) is 68.3 Å². The molecule has 0 spiro atoms. The van der Waals surface area contributed by atoms with E-state index in [1.54, 1.807) is 29.7 Å². The molecular formula is C24H20N5OS2+. The Morgan fingerprint density at radius 3 is 3.03 bits per heavy atom. The van der Waals surface area contributed by atoms with Crippen LogP contribution in [-0.2, 0) is 13.0 Å². The van der Waals surface area contributed by atoms with E-state index in [4.69, 9.17) is 4.42 Å². The molecule has 4 aromatic heterocycles. The lowest BCUT2D eigenvalue weighted by Crippen LogP contribution is -2.25. The number of hydrogen-bond acceptors (Lipinski definition) is 7. The van der Waals surface area contributed by atoms with Crippen molar-refractivity contribution in [2.45, 2.75) is 17.2 Å². The van der Waals surface area contributed by atoms with Gasteiger partial charge in [-0.15, -0.1) is 11.3 Å². The van der Waals surface area contributed by atoms with E-state index in [0.717, 1.165) is 52.6 Å². The van der Waals surface area contributed by atoms with E-state index in [2.05, 4.69) is 54.9 Å². The first-order valence-electron chi connectivity index (χ1n) is 10.4. The summed E-state index contributed by atoms with van der Waals surface area (Å²) in [5.41, 5.74) is 4.56. The van der Waals surface area contributed by atoms with Crippen LogP contribution in [-0.4, -0.2) is 20.8 Å². The molecule has 5 heterocycles. The maximum absolute atomic E-state index is 5.47. The monoisotopic (exact) mass is 458 g/mol. The Labute approximate surface area is 193 Å². The van der Waals surface area contributed by atoms with Crippen molar-refractivity contribution in [2.75, 3.05) is 11.9 Å². The molecule has 0 saturated heterocycles. The van der Waals surface area contributed by atoms with Gasteiger partial charge in [-0.3, -0.25) is 4.98 Å². The smallest absolute Gasteiger partial charge is 0.333 e. The highest BCUT2D eigenvalue weighted by Crippen LogP contribution is 2.38. The van der Waals surface area contributed by atoms with Crippen molar-refractivity contribution in [1.82, 2.24) is 14.3 Å². The van der Waals surface area contributed by atoms with Crippen LogP contribution in [0.4, 0.5) is 11.5 Å². The van der Waals surface area contributed by atoms with Crippen LogP contribution >= 0.6 is 23.3 Å². The number of H-pyrrole nitrogens is 1. The zero-order valence-corrected chi connectivity index (χ0v) is 18.7. The van der Waals surface area contributed by atoms with Gasteiger partial charge in [0.2, 0.25) is 12.0 Å². The number of nitrogens with zero attached hydrogens (tertiary/aromatic N) is 3. The molecule has 6 nitrogen and oxygen atoms in total. The molecule has 0 aliphatic carbocycles. The molecule has 158 valence electrons. The Balaban J connectivity index is 1.18. The minimum Gasteiger partial charge on any atom is -0.403 e. The number of aromatic amines is 1. The zero-order valence-electron chi connectivity index (χ0n) is 17.1. The van der Waals surface area contributed by atoms with Crippen molar-refractivity contribution in [2.24, 2.45) is 0 Å². The molecule has 8 heteroatoms. The molecule has 1 aliphatic heterocycles. The third-order valence-electron chi connectivity index (χ3n) is 5.48. The van der Waals surface area contributed by atoms with E-state index in [-0.39, 0.29) is 0 Å². The second-order valence-electron chi connectivity index (χ2n) is 7.57. The second kappa shape index (κ2) is 8.38. The molecule has 1 aromatic carbocycles. The van der Waals surface area contributed by atoms with Crippen LogP contribution in [0.2, 0.25) is 0 Å². The fraction of sp³-hybridized carbons (Fsp3) is 0.125. The fourth-order valence-corrected chi connectivity index (χ4v) is 6.13. The number of thiophene rings is 1. The molecule has 32 heavy (non-hydrogen) atoms. The molecule has 0 radical (unpaired) electrons. The van der Waals surface area contributed by atoms with E-state index in [9.17, 15) is 0 Å². The van der Waals surface area contributed by atoms with Gasteiger partial charge in [0.05, 0.1) is 26.5 Å². The number of nitrogens with one attached hydrogen (secondary N) is 2. The van der Waals surface area contributed by atoms with E-state index < -0.39 is 0 Å². The summed E-state index contributed by atoms with van der Waals surface area (Å²) in [6.07, 6.45) is 8.19. The van der Waals surface area contributed by atoms with Crippen LogP contribution < -0.4 is 10.3 Å². The van der Waals surface area contributed by atoms with E-state index >= 15 is 0 Å². The lowest BCUT2D eigenvalue weighted by atomic mass is 10.0. The summed E-state index contributed by atoms with van der Waals surface area (Å²) < 4.78 is 9.14. The fourth-order valence-electron chi connectivity index (χ4n) is 3.93.